The van der Waals surface area contributed by atoms with Gasteiger partial charge in [-0.15, -0.1) is 0 Å². The molecule has 56 heavy (non-hydrogen) atoms. The topological polar surface area (TPSA) is 78.9 Å². The number of esters is 3. The molecule has 0 amide bonds. The van der Waals surface area contributed by atoms with Gasteiger partial charge in [0.15, 0.2) is 6.10 Å². The Morgan fingerprint density at radius 2 is 0.804 bits per heavy atom. The van der Waals surface area contributed by atoms with E-state index in [1.165, 1.54) is 12.8 Å². The first-order valence-electron chi connectivity index (χ1n) is 21.9. The molecule has 0 spiro atoms. The number of hydrogen-bond donors (Lipinski definition) is 0. The van der Waals surface area contributed by atoms with Crippen LogP contribution >= 0.6 is 0 Å². The van der Waals surface area contributed by atoms with E-state index in [0.29, 0.717) is 6.42 Å². The Morgan fingerprint density at radius 1 is 0.393 bits per heavy atom. The first kappa shape index (κ1) is 52.1. The van der Waals surface area contributed by atoms with Crippen molar-refractivity contribution in [3.05, 3.63) is 109 Å². The zero-order valence-electron chi connectivity index (χ0n) is 35.6. The zero-order chi connectivity index (χ0) is 40.8. The summed E-state index contributed by atoms with van der Waals surface area (Å²) >= 11 is 0. The van der Waals surface area contributed by atoms with E-state index in [4.69, 9.17) is 14.2 Å². The van der Waals surface area contributed by atoms with Crippen molar-refractivity contribution in [2.45, 2.75) is 175 Å². The predicted molar refractivity (Wildman–Crippen MR) is 237 cm³/mol. The van der Waals surface area contributed by atoms with Crippen LogP contribution in [-0.4, -0.2) is 37.2 Å². The van der Waals surface area contributed by atoms with E-state index in [-0.39, 0.29) is 38.0 Å². The van der Waals surface area contributed by atoms with Crippen LogP contribution in [0.5, 0.6) is 0 Å². The fourth-order valence-corrected chi connectivity index (χ4v) is 5.40. The lowest BCUT2D eigenvalue weighted by molar-refractivity contribution is -0.166. The van der Waals surface area contributed by atoms with Crippen molar-refractivity contribution in [2.75, 3.05) is 13.2 Å². The molecular weight excluding hydrogens is 697 g/mol. The van der Waals surface area contributed by atoms with Crippen LogP contribution in [0.1, 0.15) is 168 Å². The molecule has 6 nitrogen and oxygen atoms in total. The molecule has 0 aromatic carbocycles. The van der Waals surface area contributed by atoms with E-state index >= 15 is 0 Å². The maximum atomic E-state index is 12.7. The van der Waals surface area contributed by atoms with E-state index < -0.39 is 12.1 Å². The van der Waals surface area contributed by atoms with E-state index in [1.54, 1.807) is 6.08 Å². The molecule has 314 valence electrons. The maximum absolute atomic E-state index is 12.7. The summed E-state index contributed by atoms with van der Waals surface area (Å²) in [5, 5.41) is 0. The van der Waals surface area contributed by atoms with Gasteiger partial charge in [-0.3, -0.25) is 14.4 Å². The van der Waals surface area contributed by atoms with Crippen LogP contribution in [0.3, 0.4) is 0 Å². The minimum Gasteiger partial charge on any atom is -0.462 e. The standard InChI is InChI=1S/C50H78O6/c1-4-7-10-13-16-19-21-23-24-25-27-28-31-34-37-40-43-49(52)55-46-47(45-54-48(51)42-39-36-33-30-18-15-12-9-6-3)56-50(53)44-41-38-35-32-29-26-22-20-17-14-11-8-5-2/h7-12,14,16-20,22-24,30,36,39,47H,4-6,13,15,21,25-29,31-35,37-38,40-46H2,1-3H3/b10-7-,11-8-,12-9-,17-14-,19-16-,22-20-,24-23-,30-18-,39-36-. The normalized spacial score (nSPS) is 13.1. The second-order valence-corrected chi connectivity index (χ2v) is 13.9. The highest BCUT2D eigenvalue weighted by Crippen LogP contribution is 2.12. The molecule has 0 rings (SSSR count). The van der Waals surface area contributed by atoms with Gasteiger partial charge < -0.3 is 14.2 Å². The molecule has 0 aliphatic carbocycles. The summed E-state index contributed by atoms with van der Waals surface area (Å²) in [6.07, 6.45) is 58.2. The predicted octanol–water partition coefficient (Wildman–Crippen LogP) is 14.0. The van der Waals surface area contributed by atoms with Crippen molar-refractivity contribution in [1.29, 1.82) is 0 Å². The Kier molecular flexibility index (Phi) is 40.7. The highest BCUT2D eigenvalue weighted by Gasteiger charge is 2.19. The molecule has 1 unspecified atom stereocenters. The highest BCUT2D eigenvalue weighted by molar-refractivity contribution is 5.72. The van der Waals surface area contributed by atoms with Crippen molar-refractivity contribution in [3.63, 3.8) is 0 Å². The lowest BCUT2D eigenvalue weighted by Crippen LogP contribution is -2.30. The molecule has 0 aromatic rings. The van der Waals surface area contributed by atoms with Crippen LogP contribution in [0.2, 0.25) is 0 Å². The summed E-state index contributed by atoms with van der Waals surface area (Å²) in [7, 11) is 0. The Bertz CT molecular complexity index is 1210. The van der Waals surface area contributed by atoms with Gasteiger partial charge in [-0.05, 0) is 83.5 Å². The van der Waals surface area contributed by atoms with Crippen molar-refractivity contribution in [3.8, 4) is 0 Å². The highest BCUT2D eigenvalue weighted by atomic mass is 16.6. The maximum Gasteiger partial charge on any atom is 0.309 e. The van der Waals surface area contributed by atoms with Gasteiger partial charge in [-0.25, -0.2) is 0 Å². The summed E-state index contributed by atoms with van der Waals surface area (Å²) in [5.74, 6) is -1.10. The second-order valence-electron chi connectivity index (χ2n) is 13.9. The summed E-state index contributed by atoms with van der Waals surface area (Å²) in [4.78, 5) is 37.6. The fourth-order valence-electron chi connectivity index (χ4n) is 5.40. The Balaban J connectivity index is 4.49. The number of carbonyl (C=O) groups excluding carboxylic acids is 3. The van der Waals surface area contributed by atoms with E-state index in [9.17, 15) is 14.4 Å². The first-order valence-corrected chi connectivity index (χ1v) is 21.9. The second kappa shape index (κ2) is 43.8. The first-order chi connectivity index (χ1) is 27.5. The average Bonchev–Trinajstić information content (AvgIpc) is 3.19. The van der Waals surface area contributed by atoms with Crippen molar-refractivity contribution >= 4 is 17.9 Å². The lowest BCUT2D eigenvalue weighted by atomic mass is 10.1. The number of rotatable bonds is 37. The van der Waals surface area contributed by atoms with Crippen molar-refractivity contribution < 1.29 is 28.6 Å². The molecular formula is C50H78O6. The fraction of sp³-hybridized carbons (Fsp3) is 0.580. The Morgan fingerprint density at radius 3 is 1.36 bits per heavy atom. The van der Waals surface area contributed by atoms with E-state index in [1.807, 2.05) is 12.2 Å². The molecule has 0 bridgehead atoms. The lowest BCUT2D eigenvalue weighted by Gasteiger charge is -2.18. The van der Waals surface area contributed by atoms with Gasteiger partial charge in [0.25, 0.3) is 0 Å². The SMILES string of the molecule is CC\C=C/C=C\C=C/CCCCCCCC(=O)OC(COC(=O)C/C=C\C/C=C\C/C=C\CC)COC(=O)CCCCCCCC/C=C\C/C=C\C/C=C\CC. The molecule has 0 aliphatic rings. The molecule has 0 saturated carbocycles. The summed E-state index contributed by atoms with van der Waals surface area (Å²) in [6.45, 7) is 6.11. The van der Waals surface area contributed by atoms with Gasteiger partial charge in [-0.1, -0.05) is 175 Å². The molecule has 0 fully saturated rings. The number of carbonyl (C=O) groups is 3. The van der Waals surface area contributed by atoms with Crippen LogP contribution in [0, 0.1) is 0 Å². The number of ether oxygens (including phenoxy) is 3. The van der Waals surface area contributed by atoms with Crippen LogP contribution in [0.25, 0.3) is 0 Å². The average molecular weight is 775 g/mol. The van der Waals surface area contributed by atoms with Gasteiger partial charge in [0.2, 0.25) is 0 Å². The third-order valence-corrected chi connectivity index (χ3v) is 8.60. The summed E-state index contributed by atoms with van der Waals surface area (Å²) in [5.41, 5.74) is 0. The van der Waals surface area contributed by atoms with Gasteiger partial charge in [0.1, 0.15) is 13.2 Å². The largest absolute Gasteiger partial charge is 0.462 e. The van der Waals surface area contributed by atoms with Crippen LogP contribution in [-0.2, 0) is 28.6 Å². The van der Waals surface area contributed by atoms with Gasteiger partial charge in [0, 0.05) is 12.8 Å². The molecule has 0 N–H and O–H groups in total. The number of unbranched alkanes of at least 4 members (excludes halogenated alkanes) is 11. The molecule has 0 aromatic heterocycles. The number of hydrogen-bond acceptors (Lipinski definition) is 6. The van der Waals surface area contributed by atoms with Gasteiger partial charge in [-0.2, -0.15) is 0 Å². The van der Waals surface area contributed by atoms with Gasteiger partial charge in [0.05, 0.1) is 6.42 Å². The Labute approximate surface area is 342 Å². The van der Waals surface area contributed by atoms with E-state index in [0.717, 1.165) is 116 Å². The van der Waals surface area contributed by atoms with Crippen LogP contribution in [0.15, 0.2) is 109 Å². The molecule has 1 atom stereocenters. The summed E-state index contributed by atoms with van der Waals surface area (Å²) < 4.78 is 16.5. The van der Waals surface area contributed by atoms with Crippen LogP contribution in [0.4, 0.5) is 0 Å². The molecule has 0 aliphatic heterocycles. The number of allylic oxidation sites excluding steroid dienone is 17. The minimum atomic E-state index is -0.829. The molecule has 0 radical (unpaired) electrons. The third-order valence-electron chi connectivity index (χ3n) is 8.60. The van der Waals surface area contributed by atoms with E-state index in [2.05, 4.69) is 112 Å². The van der Waals surface area contributed by atoms with Crippen molar-refractivity contribution in [2.24, 2.45) is 0 Å². The van der Waals surface area contributed by atoms with Gasteiger partial charge >= 0.3 is 17.9 Å². The van der Waals surface area contributed by atoms with Crippen LogP contribution < -0.4 is 0 Å². The zero-order valence-corrected chi connectivity index (χ0v) is 35.6. The quantitative estimate of drug-likeness (QED) is 0.0206. The third kappa shape index (κ3) is 41.2. The molecule has 0 saturated heterocycles. The minimum absolute atomic E-state index is 0.123. The molecule has 0 heterocycles. The Hall–Kier alpha value is -3.93. The summed E-state index contributed by atoms with van der Waals surface area (Å²) in [6, 6.07) is 0. The van der Waals surface area contributed by atoms with Crippen molar-refractivity contribution in [1.82, 2.24) is 0 Å². The molecule has 6 heteroatoms. The monoisotopic (exact) mass is 775 g/mol. The smallest absolute Gasteiger partial charge is 0.309 e.